The van der Waals surface area contributed by atoms with E-state index in [9.17, 15) is 0 Å². The van der Waals surface area contributed by atoms with Gasteiger partial charge in [-0.05, 0) is 31.4 Å². The SMILES string of the molecule is Cc1nc(-c2ccc(C(C)(C)C)s2)nc(NN)c1C. The fourth-order valence-electron chi connectivity index (χ4n) is 1.74. The molecule has 0 atom stereocenters. The van der Waals surface area contributed by atoms with Crippen molar-refractivity contribution < 1.29 is 0 Å². The number of anilines is 1. The van der Waals surface area contributed by atoms with Crippen molar-refractivity contribution in [2.45, 2.75) is 40.0 Å². The van der Waals surface area contributed by atoms with Crippen molar-refractivity contribution in [1.29, 1.82) is 0 Å². The van der Waals surface area contributed by atoms with Gasteiger partial charge in [0, 0.05) is 16.1 Å². The maximum atomic E-state index is 5.50. The number of aromatic nitrogens is 2. The molecule has 0 radical (unpaired) electrons. The van der Waals surface area contributed by atoms with Crippen LogP contribution in [0.3, 0.4) is 0 Å². The van der Waals surface area contributed by atoms with Gasteiger partial charge in [0.25, 0.3) is 0 Å². The number of rotatable bonds is 2. The second-order valence-corrected chi connectivity index (χ2v) is 6.75. The fourth-order valence-corrected chi connectivity index (χ4v) is 2.74. The van der Waals surface area contributed by atoms with Crippen LogP contribution in [0.4, 0.5) is 5.82 Å². The minimum Gasteiger partial charge on any atom is -0.308 e. The highest BCUT2D eigenvalue weighted by atomic mass is 32.1. The number of hydrogen-bond donors (Lipinski definition) is 2. The van der Waals surface area contributed by atoms with Gasteiger partial charge in [-0.15, -0.1) is 11.3 Å². The topological polar surface area (TPSA) is 63.8 Å². The molecule has 4 nitrogen and oxygen atoms in total. The summed E-state index contributed by atoms with van der Waals surface area (Å²) in [5.41, 5.74) is 4.72. The predicted octanol–water partition coefficient (Wildman–Crippen LogP) is 3.41. The number of thiophene rings is 1. The molecule has 2 aromatic rings. The number of hydrogen-bond acceptors (Lipinski definition) is 5. The Kier molecular flexibility index (Phi) is 3.60. The molecule has 0 saturated carbocycles. The summed E-state index contributed by atoms with van der Waals surface area (Å²) in [5.74, 6) is 6.93. The van der Waals surface area contributed by atoms with Gasteiger partial charge < -0.3 is 5.43 Å². The summed E-state index contributed by atoms with van der Waals surface area (Å²) < 4.78 is 0. The Balaban J connectivity index is 2.48. The monoisotopic (exact) mass is 276 g/mol. The highest BCUT2D eigenvalue weighted by Gasteiger charge is 2.18. The molecule has 0 aliphatic heterocycles. The van der Waals surface area contributed by atoms with Crippen molar-refractivity contribution in [3.63, 3.8) is 0 Å². The highest BCUT2D eigenvalue weighted by Crippen LogP contribution is 2.34. The van der Waals surface area contributed by atoms with E-state index in [0.29, 0.717) is 5.82 Å². The maximum absolute atomic E-state index is 5.50. The molecule has 0 aliphatic rings. The Labute approximate surface area is 118 Å². The predicted molar refractivity (Wildman–Crippen MR) is 81.3 cm³/mol. The van der Waals surface area contributed by atoms with Gasteiger partial charge in [-0.3, -0.25) is 0 Å². The zero-order valence-electron chi connectivity index (χ0n) is 12.0. The average molecular weight is 276 g/mol. The molecular formula is C14H20N4S. The number of hydrazine groups is 1. The summed E-state index contributed by atoms with van der Waals surface area (Å²) in [7, 11) is 0. The van der Waals surface area contributed by atoms with E-state index in [1.165, 1.54) is 4.88 Å². The van der Waals surface area contributed by atoms with Gasteiger partial charge in [-0.2, -0.15) is 0 Å². The average Bonchev–Trinajstić information content (AvgIpc) is 2.81. The first-order valence-corrected chi connectivity index (χ1v) is 7.07. The van der Waals surface area contributed by atoms with Crippen LogP contribution in [0.25, 0.3) is 10.7 Å². The molecule has 0 aromatic carbocycles. The van der Waals surface area contributed by atoms with E-state index in [1.54, 1.807) is 11.3 Å². The van der Waals surface area contributed by atoms with Crippen molar-refractivity contribution in [3.8, 4) is 10.7 Å². The highest BCUT2D eigenvalue weighted by molar-refractivity contribution is 7.15. The normalized spacial score (nSPS) is 11.7. The lowest BCUT2D eigenvalue weighted by Crippen LogP contribution is -2.12. The molecule has 3 N–H and O–H groups in total. The van der Waals surface area contributed by atoms with E-state index in [0.717, 1.165) is 22.0 Å². The van der Waals surface area contributed by atoms with Crippen LogP contribution in [0.15, 0.2) is 12.1 Å². The fraction of sp³-hybridized carbons (Fsp3) is 0.429. The molecule has 2 rings (SSSR count). The number of nitrogens with one attached hydrogen (secondary N) is 1. The summed E-state index contributed by atoms with van der Waals surface area (Å²) in [6.07, 6.45) is 0. The Morgan fingerprint density at radius 2 is 1.84 bits per heavy atom. The van der Waals surface area contributed by atoms with Crippen LogP contribution in [0.1, 0.15) is 36.9 Å². The molecule has 19 heavy (non-hydrogen) atoms. The Hall–Kier alpha value is -1.46. The summed E-state index contributed by atoms with van der Waals surface area (Å²) in [4.78, 5) is 11.4. The maximum Gasteiger partial charge on any atom is 0.171 e. The molecule has 0 unspecified atom stereocenters. The summed E-state index contributed by atoms with van der Waals surface area (Å²) in [5, 5.41) is 0. The van der Waals surface area contributed by atoms with Gasteiger partial charge in [-0.1, -0.05) is 20.8 Å². The Bertz CT molecular complexity index is 596. The zero-order valence-corrected chi connectivity index (χ0v) is 12.9. The van der Waals surface area contributed by atoms with Crippen LogP contribution in [0, 0.1) is 13.8 Å². The minimum atomic E-state index is 0.150. The van der Waals surface area contributed by atoms with Crippen LogP contribution in [-0.4, -0.2) is 9.97 Å². The van der Waals surface area contributed by atoms with Gasteiger partial charge >= 0.3 is 0 Å². The van der Waals surface area contributed by atoms with Crippen molar-refractivity contribution in [2.75, 3.05) is 5.43 Å². The molecule has 0 bridgehead atoms. The summed E-state index contributed by atoms with van der Waals surface area (Å²) >= 11 is 1.73. The standard InChI is InChI=1S/C14H20N4S/c1-8-9(2)16-13(17-12(8)18-15)10-6-7-11(19-10)14(3,4)5/h6-7H,15H2,1-5H3,(H,16,17,18). The molecule has 0 spiro atoms. The lowest BCUT2D eigenvalue weighted by molar-refractivity contribution is 0.604. The first-order valence-electron chi connectivity index (χ1n) is 6.25. The largest absolute Gasteiger partial charge is 0.308 e. The molecule has 2 aromatic heterocycles. The van der Waals surface area contributed by atoms with Crippen LogP contribution in [0.5, 0.6) is 0 Å². The van der Waals surface area contributed by atoms with Crippen molar-refractivity contribution >= 4 is 17.2 Å². The van der Waals surface area contributed by atoms with E-state index in [-0.39, 0.29) is 5.41 Å². The third kappa shape index (κ3) is 2.77. The second-order valence-electron chi connectivity index (χ2n) is 5.66. The molecule has 0 fully saturated rings. The molecule has 5 heteroatoms. The van der Waals surface area contributed by atoms with Gasteiger partial charge in [0.2, 0.25) is 0 Å². The molecular weight excluding hydrogens is 256 g/mol. The van der Waals surface area contributed by atoms with E-state index >= 15 is 0 Å². The van der Waals surface area contributed by atoms with E-state index in [2.05, 4.69) is 48.3 Å². The zero-order chi connectivity index (χ0) is 14.2. The van der Waals surface area contributed by atoms with Crippen LogP contribution >= 0.6 is 11.3 Å². The quantitative estimate of drug-likeness (QED) is 0.652. The van der Waals surface area contributed by atoms with Crippen LogP contribution in [0.2, 0.25) is 0 Å². The van der Waals surface area contributed by atoms with Crippen molar-refractivity contribution in [1.82, 2.24) is 9.97 Å². The third-order valence-electron chi connectivity index (χ3n) is 3.09. The molecule has 102 valence electrons. The first kappa shape index (κ1) is 14.0. The smallest absolute Gasteiger partial charge is 0.171 e. The van der Waals surface area contributed by atoms with Gasteiger partial charge in [0.1, 0.15) is 5.82 Å². The third-order valence-corrected chi connectivity index (χ3v) is 4.60. The number of nitrogen functional groups attached to an aromatic ring is 1. The Morgan fingerprint density at radius 3 is 2.37 bits per heavy atom. The summed E-state index contributed by atoms with van der Waals surface area (Å²) in [6.45, 7) is 10.5. The Morgan fingerprint density at radius 1 is 1.16 bits per heavy atom. The van der Waals surface area contributed by atoms with Crippen LogP contribution < -0.4 is 11.3 Å². The second kappa shape index (κ2) is 4.90. The number of aryl methyl sites for hydroxylation is 1. The van der Waals surface area contributed by atoms with Gasteiger partial charge in [0.15, 0.2) is 5.82 Å². The number of nitrogens with two attached hydrogens (primary N) is 1. The van der Waals surface area contributed by atoms with E-state index in [4.69, 9.17) is 5.84 Å². The first-order chi connectivity index (χ1) is 8.82. The van der Waals surface area contributed by atoms with Crippen molar-refractivity contribution in [2.24, 2.45) is 5.84 Å². The lowest BCUT2D eigenvalue weighted by Gasteiger charge is -2.15. The lowest BCUT2D eigenvalue weighted by atomic mass is 9.95. The minimum absolute atomic E-state index is 0.150. The number of nitrogens with zero attached hydrogens (tertiary/aromatic N) is 2. The summed E-state index contributed by atoms with van der Waals surface area (Å²) in [6, 6.07) is 4.23. The molecule has 2 heterocycles. The van der Waals surface area contributed by atoms with Gasteiger partial charge in [0.05, 0.1) is 4.88 Å². The van der Waals surface area contributed by atoms with E-state index in [1.807, 2.05) is 13.8 Å². The van der Waals surface area contributed by atoms with Gasteiger partial charge in [-0.25, -0.2) is 15.8 Å². The van der Waals surface area contributed by atoms with E-state index < -0.39 is 0 Å². The molecule has 0 amide bonds. The molecule has 0 saturated heterocycles. The van der Waals surface area contributed by atoms with Crippen molar-refractivity contribution in [3.05, 3.63) is 28.3 Å². The van der Waals surface area contributed by atoms with Crippen LogP contribution in [-0.2, 0) is 5.41 Å². The molecule has 0 aliphatic carbocycles.